The molecule has 1 aliphatic rings. The van der Waals surface area contributed by atoms with Crippen molar-refractivity contribution in [3.63, 3.8) is 0 Å². The van der Waals surface area contributed by atoms with Gasteiger partial charge in [0.05, 0.1) is 5.71 Å². The summed E-state index contributed by atoms with van der Waals surface area (Å²) in [6, 6.07) is 9.63. The second kappa shape index (κ2) is 8.07. The van der Waals surface area contributed by atoms with E-state index in [0.29, 0.717) is 17.8 Å². The summed E-state index contributed by atoms with van der Waals surface area (Å²) in [5.74, 6) is 5.33. The molecule has 1 aromatic rings. The van der Waals surface area contributed by atoms with Crippen LogP contribution in [0.1, 0.15) is 18.9 Å². The number of hydrogen-bond acceptors (Lipinski definition) is 4. The van der Waals surface area contributed by atoms with Crippen LogP contribution in [0.4, 0.5) is 0 Å². The normalized spacial score (nSPS) is 16.1. The highest BCUT2D eigenvalue weighted by molar-refractivity contribution is 5.98. The number of hydrogen-bond donors (Lipinski definition) is 1. The molecule has 0 atom stereocenters. The fourth-order valence-electron chi connectivity index (χ4n) is 1.74. The summed E-state index contributed by atoms with van der Waals surface area (Å²) in [5.41, 5.74) is 2.26. The lowest BCUT2D eigenvalue weighted by atomic mass is 10.1. The highest BCUT2D eigenvalue weighted by Gasteiger charge is 2.10. The zero-order valence-electron chi connectivity index (χ0n) is 11.7. The summed E-state index contributed by atoms with van der Waals surface area (Å²) in [7, 11) is 0. The number of carbonyl (C=O) groups excluding carboxylic acids is 1. The molecule has 21 heavy (non-hydrogen) atoms. The minimum Gasteiger partial charge on any atom is -0.424 e. The summed E-state index contributed by atoms with van der Waals surface area (Å²) in [5, 5.41) is 3.59. The summed E-state index contributed by atoms with van der Waals surface area (Å²) >= 11 is 0. The lowest BCUT2D eigenvalue weighted by Crippen LogP contribution is -2.08. The number of benzene rings is 1. The van der Waals surface area contributed by atoms with E-state index in [1.54, 1.807) is 31.2 Å². The number of rotatable bonds is 3. The van der Waals surface area contributed by atoms with E-state index < -0.39 is 0 Å². The number of allylic oxidation sites excluding steroid dienone is 3. The predicted octanol–water partition coefficient (Wildman–Crippen LogP) is 3.21. The Labute approximate surface area is 130 Å². The molecule has 0 spiro atoms. The van der Waals surface area contributed by atoms with Crippen molar-refractivity contribution in [2.75, 3.05) is 0 Å². The SMILES string of the molecule is CC(=Cc1ccccc1)C(=O)OC1=CCC(=NN)C=C1.Cl. The van der Waals surface area contributed by atoms with E-state index in [1.807, 2.05) is 30.3 Å². The van der Waals surface area contributed by atoms with Crippen LogP contribution in [0.15, 0.2) is 65.0 Å². The number of nitrogens with zero attached hydrogens (tertiary/aromatic N) is 1. The topological polar surface area (TPSA) is 64.7 Å². The molecule has 1 aromatic carbocycles. The number of ether oxygens (including phenoxy) is 1. The largest absolute Gasteiger partial charge is 0.424 e. The van der Waals surface area contributed by atoms with Crippen LogP contribution in [-0.4, -0.2) is 11.7 Å². The lowest BCUT2D eigenvalue weighted by Gasteiger charge is -2.09. The van der Waals surface area contributed by atoms with Crippen molar-refractivity contribution < 1.29 is 9.53 Å². The Morgan fingerprint density at radius 1 is 1.29 bits per heavy atom. The molecular formula is C16H17ClN2O2. The highest BCUT2D eigenvalue weighted by atomic mass is 35.5. The van der Waals surface area contributed by atoms with Crippen LogP contribution >= 0.6 is 12.4 Å². The quantitative estimate of drug-likeness (QED) is 0.403. The van der Waals surface area contributed by atoms with Crippen molar-refractivity contribution in [1.82, 2.24) is 0 Å². The van der Waals surface area contributed by atoms with Crippen LogP contribution in [0.25, 0.3) is 6.08 Å². The van der Waals surface area contributed by atoms with E-state index >= 15 is 0 Å². The second-order valence-electron chi connectivity index (χ2n) is 4.39. The van der Waals surface area contributed by atoms with Crippen molar-refractivity contribution in [3.8, 4) is 0 Å². The summed E-state index contributed by atoms with van der Waals surface area (Å²) < 4.78 is 5.29. The Kier molecular flexibility index (Phi) is 6.43. The summed E-state index contributed by atoms with van der Waals surface area (Å²) in [4.78, 5) is 11.9. The zero-order chi connectivity index (χ0) is 14.4. The van der Waals surface area contributed by atoms with E-state index in [9.17, 15) is 4.79 Å². The van der Waals surface area contributed by atoms with Gasteiger partial charge in [-0.2, -0.15) is 5.10 Å². The maximum Gasteiger partial charge on any atom is 0.339 e. The molecule has 110 valence electrons. The Morgan fingerprint density at radius 3 is 2.57 bits per heavy atom. The molecule has 0 saturated carbocycles. The number of esters is 1. The fourth-order valence-corrected chi connectivity index (χ4v) is 1.74. The molecular weight excluding hydrogens is 288 g/mol. The number of nitrogens with two attached hydrogens (primary N) is 1. The molecule has 0 aromatic heterocycles. The molecule has 0 amide bonds. The zero-order valence-corrected chi connectivity index (χ0v) is 12.5. The van der Waals surface area contributed by atoms with Gasteiger partial charge in [0.1, 0.15) is 5.76 Å². The van der Waals surface area contributed by atoms with Crippen molar-refractivity contribution in [1.29, 1.82) is 0 Å². The minimum atomic E-state index is -0.363. The molecule has 1 aliphatic carbocycles. The van der Waals surface area contributed by atoms with E-state index in [2.05, 4.69) is 5.10 Å². The maximum atomic E-state index is 11.9. The molecule has 0 saturated heterocycles. The first-order chi connectivity index (χ1) is 9.69. The smallest absolute Gasteiger partial charge is 0.339 e. The third-order valence-corrected chi connectivity index (χ3v) is 2.83. The molecule has 2 rings (SSSR count). The van der Waals surface area contributed by atoms with Gasteiger partial charge in [0, 0.05) is 12.0 Å². The first-order valence-corrected chi connectivity index (χ1v) is 6.29. The summed E-state index contributed by atoms with van der Waals surface area (Å²) in [6.45, 7) is 1.73. The van der Waals surface area contributed by atoms with Crippen molar-refractivity contribution in [3.05, 3.63) is 65.5 Å². The molecule has 0 unspecified atom stereocenters. The Morgan fingerprint density at radius 2 is 2.00 bits per heavy atom. The van der Waals surface area contributed by atoms with Gasteiger partial charge in [-0.1, -0.05) is 30.3 Å². The Balaban J connectivity index is 0.00000220. The highest BCUT2D eigenvalue weighted by Crippen LogP contribution is 2.13. The first-order valence-electron chi connectivity index (χ1n) is 6.29. The summed E-state index contributed by atoms with van der Waals surface area (Å²) in [6.07, 6.45) is 7.56. The molecule has 2 N–H and O–H groups in total. The van der Waals surface area contributed by atoms with Gasteiger partial charge in [-0.25, -0.2) is 4.79 Å². The van der Waals surface area contributed by atoms with Crippen LogP contribution < -0.4 is 5.84 Å². The minimum absolute atomic E-state index is 0. The van der Waals surface area contributed by atoms with Crippen molar-refractivity contribution in [2.24, 2.45) is 10.9 Å². The van der Waals surface area contributed by atoms with Gasteiger partial charge in [0.25, 0.3) is 0 Å². The maximum absolute atomic E-state index is 11.9. The van der Waals surface area contributed by atoms with Gasteiger partial charge in [0.2, 0.25) is 0 Å². The lowest BCUT2D eigenvalue weighted by molar-refractivity contribution is -0.134. The van der Waals surface area contributed by atoms with Gasteiger partial charge >= 0.3 is 5.97 Å². The van der Waals surface area contributed by atoms with Gasteiger partial charge < -0.3 is 10.6 Å². The van der Waals surface area contributed by atoms with E-state index in [-0.39, 0.29) is 18.4 Å². The van der Waals surface area contributed by atoms with E-state index in [4.69, 9.17) is 10.6 Å². The molecule has 4 nitrogen and oxygen atoms in total. The number of hydrazone groups is 1. The third kappa shape index (κ3) is 4.93. The van der Waals surface area contributed by atoms with Gasteiger partial charge in [-0.15, -0.1) is 12.4 Å². The molecule has 5 heteroatoms. The second-order valence-corrected chi connectivity index (χ2v) is 4.39. The monoisotopic (exact) mass is 304 g/mol. The van der Waals surface area contributed by atoms with Crippen LogP contribution in [-0.2, 0) is 9.53 Å². The van der Waals surface area contributed by atoms with Crippen LogP contribution in [0.5, 0.6) is 0 Å². The van der Waals surface area contributed by atoms with Crippen LogP contribution in [0, 0.1) is 0 Å². The standard InChI is InChI=1S/C16H16N2O2.ClH/c1-12(11-13-5-3-2-4-6-13)16(19)20-15-9-7-14(18-17)8-10-15;/h2-7,9-11H,8,17H2,1H3;1H. The Bertz CT molecular complexity index is 616. The van der Waals surface area contributed by atoms with Gasteiger partial charge in [0.15, 0.2) is 0 Å². The first kappa shape index (κ1) is 16.7. The molecule has 0 heterocycles. The number of halogens is 1. The van der Waals surface area contributed by atoms with Gasteiger partial charge in [-0.05, 0) is 36.8 Å². The predicted molar refractivity (Wildman–Crippen MR) is 86.9 cm³/mol. The average Bonchev–Trinajstić information content (AvgIpc) is 2.49. The molecule has 0 radical (unpaired) electrons. The van der Waals surface area contributed by atoms with Crippen LogP contribution in [0.3, 0.4) is 0 Å². The number of carbonyl (C=O) groups is 1. The van der Waals surface area contributed by atoms with Gasteiger partial charge in [-0.3, -0.25) is 0 Å². The molecule has 0 bridgehead atoms. The van der Waals surface area contributed by atoms with Crippen molar-refractivity contribution in [2.45, 2.75) is 13.3 Å². The van der Waals surface area contributed by atoms with E-state index in [0.717, 1.165) is 11.3 Å². The van der Waals surface area contributed by atoms with Crippen molar-refractivity contribution >= 4 is 30.2 Å². The Hall–Kier alpha value is -2.33. The fraction of sp³-hybridized carbons (Fsp3) is 0.125. The van der Waals surface area contributed by atoms with E-state index in [1.165, 1.54) is 0 Å². The third-order valence-electron chi connectivity index (χ3n) is 2.83. The average molecular weight is 305 g/mol. The van der Waals surface area contributed by atoms with Crippen LogP contribution in [0.2, 0.25) is 0 Å². The molecule has 0 fully saturated rings. The molecule has 0 aliphatic heterocycles.